The molecule has 23 heavy (non-hydrogen) atoms. The van der Waals surface area contributed by atoms with Crippen molar-refractivity contribution in [3.8, 4) is 0 Å². The summed E-state index contributed by atoms with van der Waals surface area (Å²) in [6, 6.07) is 11.7. The van der Waals surface area contributed by atoms with E-state index in [-0.39, 0.29) is 29.3 Å². The van der Waals surface area contributed by atoms with Crippen LogP contribution in [0.25, 0.3) is 0 Å². The Hall–Kier alpha value is -2.62. The summed E-state index contributed by atoms with van der Waals surface area (Å²) in [5.41, 5.74) is 2.97. The number of carboxylic acids is 1. The van der Waals surface area contributed by atoms with E-state index < -0.39 is 5.97 Å². The van der Waals surface area contributed by atoms with Gasteiger partial charge in [-0.05, 0) is 53.3 Å². The number of benzene rings is 2. The van der Waals surface area contributed by atoms with Crippen LogP contribution in [0.1, 0.15) is 39.9 Å². The lowest BCUT2D eigenvalue weighted by atomic mass is 9.76. The molecule has 0 unspecified atom stereocenters. The summed E-state index contributed by atoms with van der Waals surface area (Å²) in [7, 11) is 0. The van der Waals surface area contributed by atoms with Gasteiger partial charge in [-0.3, -0.25) is 0 Å². The monoisotopic (exact) mass is 308 g/mol. The van der Waals surface area contributed by atoms with Crippen LogP contribution >= 0.6 is 0 Å². The van der Waals surface area contributed by atoms with Gasteiger partial charge in [0, 0.05) is 11.6 Å². The lowest BCUT2D eigenvalue weighted by Gasteiger charge is -2.37. The second kappa shape index (κ2) is 5.23. The molecule has 0 radical (unpaired) electrons. The van der Waals surface area contributed by atoms with Crippen molar-refractivity contribution in [1.82, 2.24) is 0 Å². The first-order chi connectivity index (χ1) is 11.1. The molecule has 1 aliphatic carbocycles. The molecule has 0 aromatic heterocycles. The molecule has 2 aromatic carbocycles. The van der Waals surface area contributed by atoms with E-state index in [1.807, 2.05) is 6.07 Å². The number of fused-ring (bicyclic) bond motifs is 3. The number of hydrogen-bond acceptors (Lipinski definition) is 3. The number of carboxylic acid groups (broad SMARTS) is 1. The number of carbonyl (C=O) groups excluding carboxylic acids is 1. The van der Waals surface area contributed by atoms with Crippen molar-refractivity contribution in [3.05, 3.63) is 77.1 Å². The standard InChI is InChI=1S/C19H16FNO2/c20-13-4-1-3-11(9-13)18-15-6-2-5-14(15)16-10-12(19(22)23)7-8-17(16)21-18/h1-5,7-10,14-15,18,21H,6H2,(H,22,23)/p-1/t14-,15-,18-/m0/s1. The zero-order valence-electron chi connectivity index (χ0n) is 12.3. The van der Waals surface area contributed by atoms with Gasteiger partial charge in [0.2, 0.25) is 0 Å². The molecule has 0 amide bonds. The van der Waals surface area contributed by atoms with Gasteiger partial charge < -0.3 is 15.2 Å². The number of halogens is 1. The Morgan fingerprint density at radius 1 is 1.22 bits per heavy atom. The fourth-order valence-corrected chi connectivity index (χ4v) is 3.75. The van der Waals surface area contributed by atoms with Crippen LogP contribution in [0.15, 0.2) is 54.6 Å². The molecule has 0 fully saturated rings. The third kappa shape index (κ3) is 2.31. The van der Waals surface area contributed by atoms with Gasteiger partial charge in [0.1, 0.15) is 5.82 Å². The SMILES string of the molecule is O=C([O-])c1ccc2c(c1)[C@H]1C=CC[C@@H]1[C@H](c1cccc(F)c1)N2. The molecule has 0 saturated heterocycles. The van der Waals surface area contributed by atoms with Crippen molar-refractivity contribution < 1.29 is 14.3 Å². The summed E-state index contributed by atoms with van der Waals surface area (Å²) in [6.07, 6.45) is 5.12. The van der Waals surface area contributed by atoms with E-state index in [9.17, 15) is 14.3 Å². The van der Waals surface area contributed by atoms with Crippen molar-refractivity contribution in [2.24, 2.45) is 5.92 Å². The first-order valence-electron chi connectivity index (χ1n) is 7.67. The zero-order valence-corrected chi connectivity index (χ0v) is 12.3. The molecule has 2 aliphatic rings. The molecule has 3 atom stereocenters. The number of carbonyl (C=O) groups is 1. The minimum Gasteiger partial charge on any atom is -0.545 e. The second-order valence-electron chi connectivity index (χ2n) is 6.12. The van der Waals surface area contributed by atoms with Crippen LogP contribution in [0.5, 0.6) is 0 Å². The molecule has 1 N–H and O–H groups in total. The van der Waals surface area contributed by atoms with Gasteiger partial charge in [-0.25, -0.2) is 4.39 Å². The van der Waals surface area contributed by atoms with E-state index >= 15 is 0 Å². The van der Waals surface area contributed by atoms with Gasteiger partial charge in [-0.15, -0.1) is 0 Å². The van der Waals surface area contributed by atoms with Crippen molar-refractivity contribution in [2.45, 2.75) is 18.4 Å². The van der Waals surface area contributed by atoms with Crippen LogP contribution in [0, 0.1) is 11.7 Å². The third-order valence-corrected chi connectivity index (χ3v) is 4.81. The van der Waals surface area contributed by atoms with Gasteiger partial charge in [0.05, 0.1) is 12.0 Å². The van der Waals surface area contributed by atoms with Crippen molar-refractivity contribution in [3.63, 3.8) is 0 Å². The number of hydrogen-bond donors (Lipinski definition) is 1. The van der Waals surface area contributed by atoms with Crippen LogP contribution in [-0.4, -0.2) is 5.97 Å². The van der Waals surface area contributed by atoms with Crippen molar-refractivity contribution in [1.29, 1.82) is 0 Å². The van der Waals surface area contributed by atoms with Crippen LogP contribution in [0.3, 0.4) is 0 Å². The Balaban J connectivity index is 1.79. The highest BCUT2D eigenvalue weighted by molar-refractivity contribution is 5.87. The summed E-state index contributed by atoms with van der Waals surface area (Å²) in [5, 5.41) is 14.6. The van der Waals surface area contributed by atoms with Crippen LogP contribution in [0.2, 0.25) is 0 Å². The largest absolute Gasteiger partial charge is 0.545 e. The fourth-order valence-electron chi connectivity index (χ4n) is 3.75. The molecule has 1 heterocycles. The third-order valence-electron chi connectivity index (χ3n) is 4.81. The molecule has 0 bridgehead atoms. The van der Waals surface area contributed by atoms with E-state index in [0.29, 0.717) is 0 Å². The van der Waals surface area contributed by atoms with Crippen LogP contribution < -0.4 is 10.4 Å². The quantitative estimate of drug-likeness (QED) is 0.868. The van der Waals surface area contributed by atoms with Crippen molar-refractivity contribution in [2.75, 3.05) is 5.32 Å². The Labute approximate surface area is 133 Å². The maximum atomic E-state index is 13.6. The molecule has 4 heteroatoms. The van der Waals surface area contributed by atoms with Crippen LogP contribution in [0.4, 0.5) is 10.1 Å². The highest BCUT2D eigenvalue weighted by atomic mass is 19.1. The molecular formula is C19H15FNO2-. The fraction of sp³-hybridized carbons (Fsp3) is 0.211. The zero-order chi connectivity index (χ0) is 16.0. The first-order valence-corrected chi connectivity index (χ1v) is 7.67. The van der Waals surface area contributed by atoms with Crippen molar-refractivity contribution >= 4 is 11.7 Å². The Morgan fingerprint density at radius 2 is 2.09 bits per heavy atom. The number of nitrogens with one attached hydrogen (secondary N) is 1. The molecule has 4 rings (SSSR count). The summed E-state index contributed by atoms with van der Waals surface area (Å²) in [5.74, 6) is -1.02. The molecule has 3 nitrogen and oxygen atoms in total. The maximum absolute atomic E-state index is 13.6. The predicted molar refractivity (Wildman–Crippen MR) is 83.5 cm³/mol. The van der Waals surface area contributed by atoms with E-state index in [2.05, 4.69) is 17.5 Å². The van der Waals surface area contributed by atoms with Gasteiger partial charge in [-0.2, -0.15) is 0 Å². The highest BCUT2D eigenvalue weighted by Crippen LogP contribution is 2.49. The first kappa shape index (κ1) is 14.0. The van der Waals surface area contributed by atoms with Crippen LogP contribution in [-0.2, 0) is 0 Å². The van der Waals surface area contributed by atoms with Gasteiger partial charge in [0.25, 0.3) is 0 Å². The summed E-state index contributed by atoms with van der Waals surface area (Å²) in [4.78, 5) is 11.1. The van der Waals surface area contributed by atoms with E-state index in [1.165, 1.54) is 6.07 Å². The summed E-state index contributed by atoms with van der Waals surface area (Å²) < 4.78 is 13.6. The topological polar surface area (TPSA) is 52.2 Å². The molecular weight excluding hydrogens is 293 g/mol. The minimum absolute atomic E-state index is 0.00648. The number of anilines is 1. The highest BCUT2D eigenvalue weighted by Gasteiger charge is 2.37. The lowest BCUT2D eigenvalue weighted by Crippen LogP contribution is -2.30. The minimum atomic E-state index is -1.17. The van der Waals surface area contributed by atoms with E-state index in [1.54, 1.807) is 30.3 Å². The number of allylic oxidation sites excluding steroid dienone is 2. The normalized spacial score (nSPS) is 24.7. The Morgan fingerprint density at radius 3 is 2.87 bits per heavy atom. The predicted octanol–water partition coefficient (Wildman–Crippen LogP) is 3.02. The number of rotatable bonds is 2. The van der Waals surface area contributed by atoms with E-state index in [0.717, 1.165) is 23.2 Å². The van der Waals surface area contributed by atoms with Gasteiger partial charge >= 0.3 is 0 Å². The Bertz CT molecular complexity index is 815. The second-order valence-corrected chi connectivity index (χ2v) is 6.12. The molecule has 0 saturated carbocycles. The van der Waals surface area contributed by atoms with E-state index in [4.69, 9.17) is 0 Å². The summed E-state index contributed by atoms with van der Waals surface area (Å²) >= 11 is 0. The smallest absolute Gasteiger partial charge is 0.123 e. The van der Waals surface area contributed by atoms with Gasteiger partial charge in [-0.1, -0.05) is 30.4 Å². The summed E-state index contributed by atoms with van der Waals surface area (Å²) in [6.45, 7) is 0. The average molecular weight is 308 g/mol. The Kier molecular flexibility index (Phi) is 3.18. The molecule has 116 valence electrons. The van der Waals surface area contributed by atoms with Gasteiger partial charge in [0.15, 0.2) is 0 Å². The lowest BCUT2D eigenvalue weighted by molar-refractivity contribution is -0.255. The molecule has 1 aliphatic heterocycles. The maximum Gasteiger partial charge on any atom is 0.123 e. The molecule has 0 spiro atoms. The number of aromatic carboxylic acids is 1. The average Bonchev–Trinajstić information content (AvgIpc) is 3.03. The molecule has 2 aromatic rings.